The van der Waals surface area contributed by atoms with E-state index < -0.39 is 17.4 Å². The normalized spacial score (nSPS) is 19.4. The van der Waals surface area contributed by atoms with Gasteiger partial charge in [0.2, 0.25) is 5.88 Å². The van der Waals surface area contributed by atoms with E-state index in [4.69, 9.17) is 37.7 Å². The molecule has 0 bridgehead atoms. The van der Waals surface area contributed by atoms with Gasteiger partial charge in [0.15, 0.2) is 0 Å². The maximum Gasteiger partial charge on any atom is 0.330 e. The zero-order valence-electron chi connectivity index (χ0n) is 29.1. The number of hydrogen-bond donors (Lipinski definition) is 2. The monoisotopic (exact) mass is 741 g/mol. The fraction of sp³-hybridized carbons (Fsp3) is 0.342. The van der Waals surface area contributed by atoms with E-state index in [-0.39, 0.29) is 17.0 Å². The zero-order chi connectivity index (χ0) is 36.5. The number of pyridine rings is 2. The Morgan fingerprint density at radius 3 is 2.50 bits per heavy atom. The number of benzene rings is 2. The molecule has 2 aromatic carbocycles. The van der Waals surface area contributed by atoms with Gasteiger partial charge < -0.3 is 24.9 Å². The largest absolute Gasteiger partial charge is 0.481 e. The maximum atomic E-state index is 13.3. The van der Waals surface area contributed by atoms with Crippen LogP contribution in [0.25, 0.3) is 33.3 Å². The van der Waals surface area contributed by atoms with Gasteiger partial charge in [-0.05, 0) is 43.5 Å². The molecule has 2 saturated heterocycles. The Morgan fingerprint density at radius 2 is 1.75 bits per heavy atom. The highest BCUT2D eigenvalue weighted by atomic mass is 35.5. The van der Waals surface area contributed by atoms with Gasteiger partial charge in [0, 0.05) is 74.3 Å². The average molecular weight is 743 g/mol. The van der Waals surface area contributed by atoms with Crippen LogP contribution >= 0.6 is 23.2 Å². The van der Waals surface area contributed by atoms with Crippen molar-refractivity contribution in [3.8, 4) is 28.3 Å². The van der Waals surface area contributed by atoms with Crippen LogP contribution in [0.15, 0.2) is 58.1 Å². The van der Waals surface area contributed by atoms with E-state index in [2.05, 4.69) is 26.6 Å². The van der Waals surface area contributed by atoms with Crippen LogP contribution in [0.3, 0.4) is 0 Å². The lowest BCUT2D eigenvalue weighted by Crippen LogP contribution is -2.71. The van der Waals surface area contributed by atoms with Crippen molar-refractivity contribution >= 4 is 51.9 Å². The molecule has 268 valence electrons. The molecule has 3 aromatic heterocycles. The minimum atomic E-state index is -0.461. The van der Waals surface area contributed by atoms with Gasteiger partial charge in [-0.2, -0.15) is 0 Å². The van der Waals surface area contributed by atoms with Crippen molar-refractivity contribution < 1.29 is 14.3 Å². The van der Waals surface area contributed by atoms with E-state index in [1.807, 2.05) is 30.3 Å². The minimum Gasteiger partial charge on any atom is -0.481 e. The van der Waals surface area contributed by atoms with Crippen LogP contribution in [0.2, 0.25) is 10.0 Å². The third-order valence-corrected chi connectivity index (χ3v) is 11.3. The first kappa shape index (κ1) is 34.5. The summed E-state index contributed by atoms with van der Waals surface area (Å²) in [6, 6.07) is 15.2. The van der Waals surface area contributed by atoms with Crippen molar-refractivity contribution in [1.82, 2.24) is 29.3 Å². The number of carbonyl (C=O) groups is 1. The summed E-state index contributed by atoms with van der Waals surface area (Å²) in [4.78, 5) is 49.3. The predicted octanol–water partition coefficient (Wildman–Crippen LogP) is 4.96. The van der Waals surface area contributed by atoms with Crippen LogP contribution in [0.1, 0.15) is 29.3 Å². The molecule has 1 aliphatic carbocycles. The molecule has 14 heteroatoms. The zero-order valence-corrected chi connectivity index (χ0v) is 30.6. The molecule has 2 aliphatic heterocycles. The smallest absolute Gasteiger partial charge is 0.330 e. The van der Waals surface area contributed by atoms with Crippen LogP contribution in [0.5, 0.6) is 5.88 Å². The van der Waals surface area contributed by atoms with Gasteiger partial charge in [-0.15, -0.1) is 0 Å². The van der Waals surface area contributed by atoms with Crippen LogP contribution in [-0.2, 0) is 30.0 Å². The lowest BCUT2D eigenvalue weighted by molar-refractivity contribution is -0.194. The van der Waals surface area contributed by atoms with E-state index in [9.17, 15) is 14.4 Å². The summed E-state index contributed by atoms with van der Waals surface area (Å²) in [7, 11) is 4.70. The number of methoxy groups -OCH3 is 1. The molecule has 2 atom stereocenters. The second-order valence-corrected chi connectivity index (χ2v) is 14.6. The lowest BCUT2D eigenvalue weighted by Gasteiger charge is -2.55. The summed E-state index contributed by atoms with van der Waals surface area (Å²) in [5, 5.41) is 7.73. The number of fused-ring (bicyclic) bond motifs is 2. The number of nitrogens with zero attached hydrogens (tertiary/aromatic N) is 5. The molecule has 3 aliphatic rings. The number of nitrogens with one attached hydrogen (secondary N) is 2. The molecule has 5 aromatic rings. The Balaban J connectivity index is 1.11. The number of halogens is 2. The first-order valence-electron chi connectivity index (χ1n) is 17.1. The van der Waals surface area contributed by atoms with Crippen LogP contribution in [-0.4, -0.2) is 75.3 Å². The molecule has 0 saturated carbocycles. The average Bonchev–Trinajstić information content (AvgIpc) is 3.56. The Kier molecular flexibility index (Phi) is 8.70. The summed E-state index contributed by atoms with van der Waals surface area (Å²) in [5.74, 6) is 0.857. The summed E-state index contributed by atoms with van der Waals surface area (Å²) in [5.41, 5.74) is 5.42. The number of aromatic nitrogens is 4. The maximum absolute atomic E-state index is 13.3. The van der Waals surface area contributed by atoms with Gasteiger partial charge in [-0.25, -0.2) is 14.8 Å². The molecule has 0 amide bonds. The predicted molar refractivity (Wildman–Crippen MR) is 201 cm³/mol. The fourth-order valence-electron chi connectivity index (χ4n) is 7.97. The SMILES string of the molecule is COc1nc(-c2cccc(-c3cccc(Nc4nc(C)cc5c4c(=O)n(C)c(=O)n5C)c3Cl)c2Cl)cc2c1C(N1CC3(CNCC(C=O)O3)C1)CC2. The molecular weight excluding hydrogens is 705 g/mol. The van der Waals surface area contributed by atoms with Crippen molar-refractivity contribution in [2.75, 3.05) is 38.6 Å². The highest BCUT2D eigenvalue weighted by Crippen LogP contribution is 2.48. The summed E-state index contributed by atoms with van der Waals surface area (Å²) >= 11 is 14.3. The van der Waals surface area contributed by atoms with E-state index in [0.29, 0.717) is 62.0 Å². The van der Waals surface area contributed by atoms with Gasteiger partial charge in [0.05, 0.1) is 34.1 Å². The molecule has 8 rings (SSSR count). The van der Waals surface area contributed by atoms with E-state index in [0.717, 1.165) is 60.0 Å². The molecule has 5 heterocycles. The number of anilines is 2. The lowest BCUT2D eigenvalue weighted by atomic mass is 9.88. The quantitative estimate of drug-likeness (QED) is 0.221. The van der Waals surface area contributed by atoms with Crippen LogP contribution in [0.4, 0.5) is 11.5 Å². The molecule has 1 spiro atoms. The van der Waals surface area contributed by atoms with Crippen LogP contribution < -0.4 is 26.6 Å². The number of aryl methyl sites for hydroxylation is 3. The Morgan fingerprint density at radius 1 is 1.02 bits per heavy atom. The Labute approximate surface area is 309 Å². The number of likely N-dealkylation sites (tertiary alicyclic amines) is 1. The van der Waals surface area contributed by atoms with E-state index >= 15 is 0 Å². The third kappa shape index (κ3) is 5.60. The van der Waals surface area contributed by atoms with Crippen molar-refractivity contribution in [2.24, 2.45) is 14.1 Å². The molecule has 12 nitrogen and oxygen atoms in total. The van der Waals surface area contributed by atoms with Gasteiger partial charge in [-0.3, -0.25) is 18.8 Å². The second-order valence-electron chi connectivity index (χ2n) is 13.8. The first-order valence-corrected chi connectivity index (χ1v) is 17.9. The van der Waals surface area contributed by atoms with Crippen molar-refractivity contribution in [1.29, 1.82) is 0 Å². The first-order chi connectivity index (χ1) is 25.0. The minimum absolute atomic E-state index is 0.137. The molecule has 2 unspecified atom stereocenters. The second kappa shape index (κ2) is 13.1. The van der Waals surface area contributed by atoms with Crippen molar-refractivity contribution in [2.45, 2.75) is 37.5 Å². The van der Waals surface area contributed by atoms with E-state index in [1.165, 1.54) is 11.6 Å². The van der Waals surface area contributed by atoms with Gasteiger partial charge in [0.25, 0.3) is 5.56 Å². The highest BCUT2D eigenvalue weighted by molar-refractivity contribution is 6.39. The topological polar surface area (TPSA) is 133 Å². The van der Waals surface area contributed by atoms with Crippen LogP contribution in [0, 0.1) is 6.92 Å². The highest BCUT2D eigenvalue weighted by Gasteiger charge is 2.51. The number of ether oxygens (including phenoxy) is 2. The Hall–Kier alpha value is -4.59. The summed E-state index contributed by atoms with van der Waals surface area (Å²) in [6.45, 7) is 4.53. The molecule has 0 radical (unpaired) electrons. The van der Waals surface area contributed by atoms with Gasteiger partial charge >= 0.3 is 5.69 Å². The summed E-state index contributed by atoms with van der Waals surface area (Å²) < 4.78 is 14.5. The fourth-order valence-corrected chi connectivity index (χ4v) is 8.57. The van der Waals surface area contributed by atoms with Gasteiger partial charge in [-0.1, -0.05) is 53.5 Å². The standard InChI is InChI=1S/C38H37Cl2N7O5/c1-20-13-29-31(36(49)46(3)37(50)45(29)2)34(42-20)43-26-10-6-8-24(33(26)40)23-7-5-9-25(32(23)39)27-14-21-11-12-28(30(21)35(44-27)51-4)47-18-38(19-47)17-41-15-22(16-48)52-38/h5-10,13-14,16,22,28,41H,11-12,15,17-19H2,1-4H3,(H,42,43). The van der Waals surface area contributed by atoms with E-state index in [1.54, 1.807) is 33.2 Å². The van der Waals surface area contributed by atoms with Crippen molar-refractivity contribution in [3.63, 3.8) is 0 Å². The molecule has 52 heavy (non-hydrogen) atoms. The third-order valence-electron chi connectivity index (χ3n) is 10.5. The van der Waals surface area contributed by atoms with Crippen molar-refractivity contribution in [3.05, 3.63) is 96.2 Å². The van der Waals surface area contributed by atoms with Gasteiger partial charge in [0.1, 0.15) is 29.2 Å². The number of aldehydes is 1. The number of morpholine rings is 1. The molecule has 2 N–H and O–H groups in total. The summed E-state index contributed by atoms with van der Waals surface area (Å²) in [6.07, 6.45) is 2.24. The molecule has 2 fully saturated rings. The number of hydrogen-bond acceptors (Lipinski definition) is 10. The molecular formula is C38H37Cl2N7O5. The number of rotatable bonds is 7. The Bertz CT molecular complexity index is 2410. The number of carbonyl (C=O) groups excluding carboxylic acids is 1.